The Bertz CT molecular complexity index is 1740. The van der Waals surface area contributed by atoms with Crippen LogP contribution in [-0.4, -0.2) is 50.7 Å². The second-order valence-electron chi connectivity index (χ2n) is 12.2. The van der Waals surface area contributed by atoms with Gasteiger partial charge in [0.2, 0.25) is 0 Å². The first-order valence-electron chi connectivity index (χ1n) is 15.1. The molecule has 1 aliphatic carbocycles. The van der Waals surface area contributed by atoms with Gasteiger partial charge in [-0.05, 0) is 81.9 Å². The van der Waals surface area contributed by atoms with Crippen LogP contribution >= 0.6 is 11.3 Å². The molecule has 7 heteroatoms. The van der Waals surface area contributed by atoms with E-state index >= 15 is 0 Å². The fraction of sp³-hybridized carbons (Fsp3) is 0.412. The van der Waals surface area contributed by atoms with E-state index < -0.39 is 5.97 Å². The molecule has 212 valence electrons. The molecule has 7 rings (SSSR count). The number of carboxylic acid groups (broad SMARTS) is 1. The molecular formula is C34H38N4O2S. The van der Waals surface area contributed by atoms with Gasteiger partial charge < -0.3 is 19.1 Å². The lowest BCUT2D eigenvalue weighted by molar-refractivity contribution is 0.0697. The maximum atomic E-state index is 12.0. The zero-order valence-corrected chi connectivity index (χ0v) is 24.8. The highest BCUT2D eigenvalue weighted by molar-refractivity contribution is 7.07. The molecule has 0 amide bonds. The minimum Gasteiger partial charge on any atom is -0.478 e. The molecule has 41 heavy (non-hydrogen) atoms. The number of aromatic carboxylic acids is 1. The lowest BCUT2D eigenvalue weighted by atomic mass is 9.81. The topological polar surface area (TPSA) is 63.3 Å². The third-order valence-electron chi connectivity index (χ3n) is 9.26. The number of fused-ring (bicyclic) bond motifs is 4. The fourth-order valence-corrected chi connectivity index (χ4v) is 8.02. The summed E-state index contributed by atoms with van der Waals surface area (Å²) in [6, 6.07) is 10.4. The highest BCUT2D eigenvalue weighted by Gasteiger charge is 2.30. The quantitative estimate of drug-likeness (QED) is 0.217. The Balaban J connectivity index is 1.53. The summed E-state index contributed by atoms with van der Waals surface area (Å²) >= 11 is 1.65. The summed E-state index contributed by atoms with van der Waals surface area (Å²) in [4.78, 5) is 19.0. The zero-order chi connectivity index (χ0) is 28.1. The summed E-state index contributed by atoms with van der Waals surface area (Å²) in [5.41, 5.74) is 12.4. The molecule has 0 bridgehead atoms. The van der Waals surface area contributed by atoms with Crippen molar-refractivity contribution in [3.63, 3.8) is 0 Å². The SMILES string of the molecule is CN(C)CCCc1cn2c3c(ccc(-c4cscn4)c13)-c1c(C3CCCCC3)c3ccc(C(=O)O)cc3n1CCC2. The molecule has 2 aromatic carbocycles. The largest absolute Gasteiger partial charge is 0.478 e. The van der Waals surface area contributed by atoms with Crippen LogP contribution in [-0.2, 0) is 19.5 Å². The van der Waals surface area contributed by atoms with Crippen molar-refractivity contribution in [1.29, 1.82) is 0 Å². The van der Waals surface area contributed by atoms with Gasteiger partial charge in [0.05, 0.1) is 28.0 Å². The number of carboxylic acids is 1. The molecule has 2 aliphatic rings. The summed E-state index contributed by atoms with van der Waals surface area (Å²) < 4.78 is 4.98. The maximum absolute atomic E-state index is 12.0. The predicted molar refractivity (Wildman–Crippen MR) is 168 cm³/mol. The van der Waals surface area contributed by atoms with E-state index in [4.69, 9.17) is 4.98 Å². The van der Waals surface area contributed by atoms with Crippen molar-refractivity contribution in [1.82, 2.24) is 19.0 Å². The fourth-order valence-electron chi connectivity index (χ4n) is 7.47. The van der Waals surface area contributed by atoms with Gasteiger partial charge in [-0.1, -0.05) is 37.5 Å². The van der Waals surface area contributed by atoms with Crippen molar-refractivity contribution < 1.29 is 9.90 Å². The van der Waals surface area contributed by atoms with E-state index in [0.29, 0.717) is 11.5 Å². The Hall–Kier alpha value is -3.42. The van der Waals surface area contributed by atoms with Crippen molar-refractivity contribution in [2.24, 2.45) is 0 Å². The smallest absolute Gasteiger partial charge is 0.335 e. The molecule has 0 spiro atoms. The van der Waals surface area contributed by atoms with Gasteiger partial charge in [0.1, 0.15) is 0 Å². The molecule has 3 aromatic heterocycles. The Kier molecular flexibility index (Phi) is 6.95. The molecular weight excluding hydrogens is 528 g/mol. The van der Waals surface area contributed by atoms with Gasteiger partial charge >= 0.3 is 5.97 Å². The third kappa shape index (κ3) is 4.59. The second kappa shape index (κ2) is 10.8. The number of benzene rings is 2. The van der Waals surface area contributed by atoms with Gasteiger partial charge in [0.15, 0.2) is 0 Å². The van der Waals surface area contributed by atoms with Gasteiger partial charge in [-0.25, -0.2) is 9.78 Å². The average Bonchev–Trinajstić information content (AvgIpc) is 3.69. The molecule has 1 N–H and O–H groups in total. The van der Waals surface area contributed by atoms with E-state index in [2.05, 4.69) is 57.9 Å². The number of thiazole rings is 1. The molecule has 1 aliphatic heterocycles. The van der Waals surface area contributed by atoms with Crippen molar-refractivity contribution in [3.05, 3.63) is 64.1 Å². The summed E-state index contributed by atoms with van der Waals surface area (Å²) in [5, 5.41) is 14.6. The van der Waals surface area contributed by atoms with Crippen LogP contribution in [0, 0.1) is 0 Å². The van der Waals surface area contributed by atoms with E-state index in [9.17, 15) is 9.90 Å². The number of carbonyl (C=O) groups is 1. The maximum Gasteiger partial charge on any atom is 0.335 e. The molecule has 0 radical (unpaired) electrons. The first-order chi connectivity index (χ1) is 20.0. The van der Waals surface area contributed by atoms with Crippen LogP contribution in [0.25, 0.3) is 44.3 Å². The molecule has 1 saturated carbocycles. The number of aromatic nitrogens is 3. The summed E-state index contributed by atoms with van der Waals surface area (Å²) in [5.74, 6) is -0.368. The average molecular weight is 567 g/mol. The van der Waals surface area contributed by atoms with Crippen LogP contribution in [0.1, 0.15) is 72.3 Å². The first kappa shape index (κ1) is 26.5. The molecule has 1 fully saturated rings. The first-order valence-corrected chi connectivity index (χ1v) is 16.0. The van der Waals surface area contributed by atoms with E-state index in [0.717, 1.165) is 50.1 Å². The van der Waals surface area contributed by atoms with E-state index in [1.807, 2.05) is 11.6 Å². The third-order valence-corrected chi connectivity index (χ3v) is 9.84. The molecule has 0 unspecified atom stereocenters. The minimum atomic E-state index is -0.862. The highest BCUT2D eigenvalue weighted by atomic mass is 32.1. The van der Waals surface area contributed by atoms with Crippen molar-refractivity contribution in [3.8, 4) is 22.5 Å². The number of hydrogen-bond donors (Lipinski definition) is 1. The predicted octanol–water partition coefficient (Wildman–Crippen LogP) is 8.03. The van der Waals surface area contributed by atoms with Crippen LogP contribution in [0.2, 0.25) is 0 Å². The minimum absolute atomic E-state index is 0.366. The highest BCUT2D eigenvalue weighted by Crippen LogP contribution is 2.48. The molecule has 0 atom stereocenters. The number of aryl methyl sites for hydroxylation is 3. The Morgan fingerprint density at radius 1 is 1.07 bits per heavy atom. The molecule has 5 aromatic rings. The van der Waals surface area contributed by atoms with Gasteiger partial charge in [-0.3, -0.25) is 0 Å². The van der Waals surface area contributed by atoms with Crippen molar-refractivity contribution in [2.45, 2.75) is 70.4 Å². The summed E-state index contributed by atoms with van der Waals surface area (Å²) in [6.07, 6.45) is 11.8. The van der Waals surface area contributed by atoms with Crippen molar-refractivity contribution >= 4 is 39.1 Å². The van der Waals surface area contributed by atoms with Gasteiger partial charge in [-0.15, -0.1) is 11.3 Å². The number of rotatable bonds is 7. The second-order valence-corrected chi connectivity index (χ2v) is 12.9. The zero-order valence-electron chi connectivity index (χ0n) is 24.0. The Labute approximate surface area is 245 Å². The van der Waals surface area contributed by atoms with E-state index in [1.54, 1.807) is 17.4 Å². The Morgan fingerprint density at radius 2 is 1.90 bits per heavy atom. The van der Waals surface area contributed by atoms with Crippen LogP contribution in [0.4, 0.5) is 0 Å². The van der Waals surface area contributed by atoms with E-state index in [-0.39, 0.29) is 0 Å². The van der Waals surface area contributed by atoms with Gasteiger partial charge in [0, 0.05) is 52.1 Å². The molecule has 0 saturated heterocycles. The van der Waals surface area contributed by atoms with Crippen LogP contribution < -0.4 is 0 Å². The monoisotopic (exact) mass is 566 g/mol. The van der Waals surface area contributed by atoms with Gasteiger partial charge in [0.25, 0.3) is 0 Å². The van der Waals surface area contributed by atoms with Gasteiger partial charge in [-0.2, -0.15) is 0 Å². The number of hydrogen-bond acceptors (Lipinski definition) is 4. The standard InChI is InChI=1S/C34H38N4O2S/c1-36(2)15-6-10-24-19-37-16-7-17-38-29-18-23(34(39)40)11-12-26(29)30(22-8-4-3-5-9-22)33(38)27-14-13-25(31(24)32(27)37)28-20-41-21-35-28/h11-14,18-22H,3-10,15-17H2,1-2H3,(H,39,40). The Morgan fingerprint density at radius 3 is 2.66 bits per heavy atom. The summed E-state index contributed by atoms with van der Waals surface area (Å²) in [6.45, 7) is 2.88. The normalized spacial score (nSPS) is 15.9. The lowest BCUT2D eigenvalue weighted by Crippen LogP contribution is -2.13. The van der Waals surface area contributed by atoms with Crippen LogP contribution in [0.15, 0.2) is 47.4 Å². The molecule has 4 heterocycles. The molecule has 6 nitrogen and oxygen atoms in total. The lowest BCUT2D eigenvalue weighted by Gasteiger charge is -2.25. The van der Waals surface area contributed by atoms with Crippen molar-refractivity contribution in [2.75, 3.05) is 20.6 Å². The number of nitrogens with zero attached hydrogens (tertiary/aromatic N) is 4. The van der Waals surface area contributed by atoms with Crippen LogP contribution in [0.5, 0.6) is 0 Å². The summed E-state index contributed by atoms with van der Waals surface area (Å²) in [7, 11) is 4.29. The van der Waals surface area contributed by atoms with Crippen LogP contribution in [0.3, 0.4) is 0 Å². The van der Waals surface area contributed by atoms with E-state index in [1.165, 1.54) is 76.3 Å².